The van der Waals surface area contributed by atoms with Crippen LogP contribution in [0.2, 0.25) is 0 Å². The van der Waals surface area contributed by atoms with Gasteiger partial charge in [0.2, 0.25) is 0 Å². The van der Waals surface area contributed by atoms with E-state index in [1.165, 1.54) is 0 Å². The Bertz CT molecular complexity index is 386. The number of carbonyl (C=O) groups excluding carboxylic acids is 1. The highest BCUT2D eigenvalue weighted by Crippen LogP contribution is 2.25. The van der Waals surface area contributed by atoms with Gasteiger partial charge in [0.1, 0.15) is 0 Å². The molecule has 20 heavy (non-hydrogen) atoms. The lowest BCUT2D eigenvalue weighted by molar-refractivity contribution is -0.142. The second-order valence-electron chi connectivity index (χ2n) is 6.32. The van der Waals surface area contributed by atoms with Crippen LogP contribution in [0.1, 0.15) is 19.8 Å². The van der Waals surface area contributed by atoms with Crippen LogP contribution in [0.15, 0.2) is 0 Å². The molecule has 0 radical (unpaired) electrons. The molecule has 0 spiro atoms. The fourth-order valence-corrected chi connectivity index (χ4v) is 3.19. The lowest BCUT2D eigenvalue weighted by atomic mass is 9.99. The average molecular weight is 283 g/mol. The normalized spacial score (nSPS) is 30.9. The second-order valence-corrected chi connectivity index (χ2v) is 6.32. The van der Waals surface area contributed by atoms with Crippen molar-refractivity contribution < 1.29 is 14.7 Å². The molecule has 2 fully saturated rings. The monoisotopic (exact) mass is 283 g/mol. The number of piperidine rings is 1. The van der Waals surface area contributed by atoms with Gasteiger partial charge in [0.25, 0.3) is 0 Å². The SMILES string of the molecule is C[C@@H]1CN(C(=O)N2CCCC(N(C)C)C2)C[C@H]1C(=O)O. The summed E-state index contributed by atoms with van der Waals surface area (Å²) in [5.74, 6) is -1.18. The van der Waals surface area contributed by atoms with E-state index in [2.05, 4.69) is 4.90 Å². The largest absolute Gasteiger partial charge is 0.481 e. The molecule has 2 aliphatic heterocycles. The van der Waals surface area contributed by atoms with E-state index in [-0.39, 0.29) is 11.9 Å². The highest BCUT2D eigenvalue weighted by atomic mass is 16.4. The standard InChI is InChI=1S/C14H25N3O3/c1-10-7-17(9-12(10)13(18)19)14(20)16-6-4-5-11(8-16)15(2)3/h10-12H,4-9H2,1-3H3,(H,18,19)/t10-,11?,12-/m1/s1. The number of aliphatic carboxylic acids is 1. The molecule has 2 saturated heterocycles. The summed E-state index contributed by atoms with van der Waals surface area (Å²) in [6.07, 6.45) is 2.13. The number of carboxylic acids is 1. The van der Waals surface area contributed by atoms with Gasteiger partial charge in [-0.2, -0.15) is 0 Å². The molecule has 3 atom stereocenters. The van der Waals surface area contributed by atoms with Crippen molar-refractivity contribution in [3.05, 3.63) is 0 Å². The van der Waals surface area contributed by atoms with Gasteiger partial charge in [0.15, 0.2) is 0 Å². The molecule has 2 aliphatic rings. The zero-order valence-electron chi connectivity index (χ0n) is 12.6. The van der Waals surface area contributed by atoms with Gasteiger partial charge >= 0.3 is 12.0 Å². The number of carbonyl (C=O) groups is 2. The lowest BCUT2D eigenvalue weighted by Crippen LogP contribution is -2.51. The number of likely N-dealkylation sites (N-methyl/N-ethyl adjacent to an activating group) is 1. The van der Waals surface area contributed by atoms with Crippen molar-refractivity contribution >= 4 is 12.0 Å². The van der Waals surface area contributed by atoms with E-state index in [4.69, 9.17) is 5.11 Å². The third-order valence-electron chi connectivity index (χ3n) is 4.60. The zero-order valence-corrected chi connectivity index (χ0v) is 12.6. The Morgan fingerprint density at radius 2 is 1.85 bits per heavy atom. The Kier molecular flexibility index (Phi) is 4.52. The quantitative estimate of drug-likeness (QED) is 0.813. The number of urea groups is 1. The molecule has 0 aliphatic carbocycles. The molecule has 0 aromatic rings. The van der Waals surface area contributed by atoms with Gasteiger partial charge < -0.3 is 19.8 Å². The average Bonchev–Trinajstić information content (AvgIpc) is 2.80. The fraction of sp³-hybridized carbons (Fsp3) is 0.857. The number of hydrogen-bond acceptors (Lipinski definition) is 3. The number of nitrogens with zero attached hydrogens (tertiary/aromatic N) is 3. The highest BCUT2D eigenvalue weighted by molar-refractivity contribution is 5.78. The molecule has 2 amide bonds. The third-order valence-corrected chi connectivity index (χ3v) is 4.60. The summed E-state index contributed by atoms with van der Waals surface area (Å²) < 4.78 is 0. The summed E-state index contributed by atoms with van der Waals surface area (Å²) in [5.41, 5.74) is 0. The molecule has 0 bridgehead atoms. The van der Waals surface area contributed by atoms with Crippen LogP contribution in [-0.2, 0) is 4.79 Å². The zero-order chi connectivity index (χ0) is 14.9. The Balaban J connectivity index is 1.96. The lowest BCUT2D eigenvalue weighted by Gasteiger charge is -2.37. The van der Waals surface area contributed by atoms with E-state index in [0.29, 0.717) is 19.1 Å². The van der Waals surface area contributed by atoms with Gasteiger partial charge in [0.05, 0.1) is 5.92 Å². The van der Waals surface area contributed by atoms with Crippen molar-refractivity contribution in [3.8, 4) is 0 Å². The maximum absolute atomic E-state index is 12.5. The summed E-state index contributed by atoms with van der Waals surface area (Å²) >= 11 is 0. The Labute approximate surface area is 120 Å². The number of hydrogen-bond donors (Lipinski definition) is 1. The van der Waals surface area contributed by atoms with Gasteiger partial charge in [-0.25, -0.2) is 4.79 Å². The van der Waals surface area contributed by atoms with E-state index < -0.39 is 11.9 Å². The first-order chi connectivity index (χ1) is 9.40. The van der Waals surface area contributed by atoms with E-state index in [0.717, 1.165) is 25.9 Å². The molecule has 0 aromatic heterocycles. The first-order valence-electron chi connectivity index (χ1n) is 7.33. The van der Waals surface area contributed by atoms with Gasteiger partial charge in [-0.05, 0) is 32.9 Å². The molecule has 0 aromatic carbocycles. The summed E-state index contributed by atoms with van der Waals surface area (Å²) in [6, 6.07) is 0.412. The van der Waals surface area contributed by atoms with Crippen molar-refractivity contribution in [2.24, 2.45) is 11.8 Å². The first-order valence-corrected chi connectivity index (χ1v) is 7.33. The van der Waals surface area contributed by atoms with Crippen LogP contribution in [0.4, 0.5) is 4.79 Å². The van der Waals surface area contributed by atoms with Gasteiger partial charge in [0, 0.05) is 32.2 Å². The molecule has 1 unspecified atom stereocenters. The molecule has 114 valence electrons. The van der Waals surface area contributed by atoms with Gasteiger partial charge in [-0.15, -0.1) is 0 Å². The van der Waals surface area contributed by atoms with Crippen LogP contribution in [0, 0.1) is 11.8 Å². The van der Waals surface area contributed by atoms with Crippen LogP contribution in [-0.4, -0.2) is 78.1 Å². The number of likely N-dealkylation sites (tertiary alicyclic amines) is 2. The fourth-order valence-electron chi connectivity index (χ4n) is 3.19. The van der Waals surface area contributed by atoms with E-state index in [9.17, 15) is 9.59 Å². The minimum Gasteiger partial charge on any atom is -0.481 e. The van der Waals surface area contributed by atoms with Crippen LogP contribution < -0.4 is 0 Å². The summed E-state index contributed by atoms with van der Waals surface area (Å²) in [5, 5.41) is 9.15. The van der Waals surface area contributed by atoms with Crippen molar-refractivity contribution in [2.45, 2.75) is 25.8 Å². The van der Waals surface area contributed by atoms with Crippen molar-refractivity contribution in [2.75, 3.05) is 40.3 Å². The predicted octanol–water partition coefficient (Wildman–Crippen LogP) is 0.785. The number of rotatable bonds is 2. The first kappa shape index (κ1) is 15.1. The molecule has 0 saturated carbocycles. The smallest absolute Gasteiger partial charge is 0.320 e. The second kappa shape index (κ2) is 5.99. The summed E-state index contributed by atoms with van der Waals surface area (Å²) in [7, 11) is 4.08. The molecule has 2 rings (SSSR count). The number of amides is 2. The molecular formula is C14H25N3O3. The van der Waals surface area contributed by atoms with E-state index >= 15 is 0 Å². The summed E-state index contributed by atoms with van der Waals surface area (Å²) in [6.45, 7) is 4.34. The van der Waals surface area contributed by atoms with Crippen LogP contribution >= 0.6 is 0 Å². The third kappa shape index (κ3) is 3.06. The molecule has 6 heteroatoms. The minimum atomic E-state index is -0.794. The summed E-state index contributed by atoms with van der Waals surface area (Å²) in [4.78, 5) is 29.4. The minimum absolute atomic E-state index is 0.00662. The van der Waals surface area contributed by atoms with Crippen LogP contribution in [0.3, 0.4) is 0 Å². The van der Waals surface area contributed by atoms with Crippen molar-refractivity contribution in [3.63, 3.8) is 0 Å². The van der Waals surface area contributed by atoms with Crippen LogP contribution in [0.5, 0.6) is 0 Å². The van der Waals surface area contributed by atoms with E-state index in [1.807, 2.05) is 25.9 Å². The maximum atomic E-state index is 12.5. The molecule has 2 heterocycles. The highest BCUT2D eigenvalue weighted by Gasteiger charge is 2.39. The van der Waals surface area contributed by atoms with Crippen molar-refractivity contribution in [1.82, 2.24) is 14.7 Å². The Hall–Kier alpha value is -1.30. The Morgan fingerprint density at radius 3 is 2.40 bits per heavy atom. The molecule has 1 N–H and O–H groups in total. The topological polar surface area (TPSA) is 64.1 Å². The molecule has 6 nitrogen and oxygen atoms in total. The van der Waals surface area contributed by atoms with Crippen LogP contribution in [0.25, 0.3) is 0 Å². The van der Waals surface area contributed by atoms with E-state index in [1.54, 1.807) is 4.90 Å². The Morgan fingerprint density at radius 1 is 1.15 bits per heavy atom. The predicted molar refractivity (Wildman–Crippen MR) is 75.5 cm³/mol. The molecular weight excluding hydrogens is 258 g/mol. The van der Waals surface area contributed by atoms with Gasteiger partial charge in [-0.3, -0.25) is 4.79 Å². The van der Waals surface area contributed by atoms with Crippen molar-refractivity contribution in [1.29, 1.82) is 0 Å². The maximum Gasteiger partial charge on any atom is 0.320 e. The number of carboxylic acid groups (broad SMARTS) is 1. The van der Waals surface area contributed by atoms with Gasteiger partial charge in [-0.1, -0.05) is 6.92 Å².